The predicted molar refractivity (Wildman–Crippen MR) is 73.6 cm³/mol. The van der Waals surface area contributed by atoms with Crippen molar-refractivity contribution in [2.75, 3.05) is 0 Å². The summed E-state index contributed by atoms with van der Waals surface area (Å²) in [5.41, 5.74) is 0.620. The van der Waals surface area contributed by atoms with Crippen LogP contribution in [0.2, 0.25) is 0 Å². The maximum absolute atomic E-state index is 12.0. The van der Waals surface area contributed by atoms with Gasteiger partial charge in [-0.3, -0.25) is 10.1 Å². The highest BCUT2D eigenvalue weighted by atomic mass is 32.2. The van der Waals surface area contributed by atoms with Crippen LogP contribution in [0.15, 0.2) is 59.5 Å². The first-order chi connectivity index (χ1) is 9.49. The second-order valence-corrected chi connectivity index (χ2v) is 5.83. The number of nitrogens with one attached hydrogen (secondary N) is 1. The summed E-state index contributed by atoms with van der Waals surface area (Å²) in [6.45, 7) is 0.0786. The molecule has 0 unspecified atom stereocenters. The molecule has 0 amide bonds. The molecule has 20 heavy (non-hydrogen) atoms. The molecule has 2 rings (SSSR count). The molecular formula is C13H12N2O4S. The summed E-state index contributed by atoms with van der Waals surface area (Å²) in [5.74, 6) is 0. The van der Waals surface area contributed by atoms with E-state index >= 15 is 0 Å². The Hall–Kier alpha value is -2.25. The summed E-state index contributed by atoms with van der Waals surface area (Å²) in [6, 6.07) is 13.7. The maximum Gasteiger partial charge on any atom is 0.269 e. The maximum atomic E-state index is 12.0. The third kappa shape index (κ3) is 3.40. The Bertz CT molecular complexity index is 697. The lowest BCUT2D eigenvalue weighted by atomic mass is 10.2. The largest absolute Gasteiger partial charge is 0.269 e. The molecule has 6 nitrogen and oxygen atoms in total. The van der Waals surface area contributed by atoms with Gasteiger partial charge in [-0.05, 0) is 17.7 Å². The molecule has 2 aromatic carbocycles. The molecule has 0 radical (unpaired) electrons. The first-order valence-electron chi connectivity index (χ1n) is 5.77. The van der Waals surface area contributed by atoms with Gasteiger partial charge >= 0.3 is 0 Å². The first kappa shape index (κ1) is 14.2. The van der Waals surface area contributed by atoms with Crippen LogP contribution in [0.5, 0.6) is 0 Å². The molecule has 0 atom stereocenters. The lowest BCUT2D eigenvalue weighted by molar-refractivity contribution is -0.384. The number of sulfonamides is 1. The minimum atomic E-state index is -3.57. The average molecular weight is 292 g/mol. The van der Waals surface area contributed by atoms with Gasteiger partial charge in [-0.2, -0.15) is 0 Å². The van der Waals surface area contributed by atoms with Crippen LogP contribution >= 0.6 is 0 Å². The molecule has 1 N–H and O–H groups in total. The van der Waals surface area contributed by atoms with Gasteiger partial charge in [0.25, 0.3) is 5.69 Å². The molecular weight excluding hydrogens is 280 g/mol. The summed E-state index contributed by atoms with van der Waals surface area (Å²) in [7, 11) is -3.57. The van der Waals surface area contributed by atoms with Crippen molar-refractivity contribution in [1.82, 2.24) is 4.72 Å². The number of nitro groups is 1. The molecule has 0 bridgehead atoms. The number of hydrogen-bond donors (Lipinski definition) is 1. The molecule has 0 saturated carbocycles. The van der Waals surface area contributed by atoms with E-state index in [0.717, 1.165) is 0 Å². The molecule has 0 heterocycles. The number of nitrogens with zero attached hydrogens (tertiary/aromatic N) is 1. The van der Waals surface area contributed by atoms with Crippen molar-refractivity contribution >= 4 is 15.7 Å². The molecule has 0 fully saturated rings. The highest BCUT2D eigenvalue weighted by Crippen LogP contribution is 2.13. The fourth-order valence-electron chi connectivity index (χ4n) is 1.60. The number of non-ortho nitro benzene ring substituents is 1. The summed E-state index contributed by atoms with van der Waals surface area (Å²) in [5, 5.41) is 10.5. The summed E-state index contributed by atoms with van der Waals surface area (Å²) >= 11 is 0. The van der Waals surface area contributed by atoms with Crippen molar-refractivity contribution in [3.8, 4) is 0 Å². The van der Waals surface area contributed by atoms with Crippen LogP contribution in [0.25, 0.3) is 0 Å². The van der Waals surface area contributed by atoms with Crippen molar-refractivity contribution in [2.45, 2.75) is 11.4 Å². The van der Waals surface area contributed by atoms with E-state index in [-0.39, 0.29) is 17.1 Å². The van der Waals surface area contributed by atoms with Crippen LogP contribution in [0, 0.1) is 10.1 Å². The molecule has 0 aliphatic heterocycles. The lowest BCUT2D eigenvalue weighted by Gasteiger charge is -2.06. The zero-order valence-corrected chi connectivity index (χ0v) is 11.2. The Labute approximate surface area is 116 Å². The van der Waals surface area contributed by atoms with Crippen molar-refractivity contribution in [3.05, 3.63) is 70.3 Å². The summed E-state index contributed by atoms with van der Waals surface area (Å²) in [6.07, 6.45) is 0. The molecule has 0 spiro atoms. The molecule has 0 saturated heterocycles. The second kappa shape index (κ2) is 5.81. The topological polar surface area (TPSA) is 89.3 Å². The van der Waals surface area contributed by atoms with E-state index in [0.29, 0.717) is 5.56 Å². The predicted octanol–water partition coefficient (Wildman–Crippen LogP) is 2.07. The van der Waals surface area contributed by atoms with Gasteiger partial charge in [0.2, 0.25) is 10.0 Å². The van der Waals surface area contributed by atoms with E-state index in [9.17, 15) is 18.5 Å². The second-order valence-electron chi connectivity index (χ2n) is 4.06. The fraction of sp³-hybridized carbons (Fsp3) is 0.0769. The lowest BCUT2D eigenvalue weighted by Crippen LogP contribution is -2.23. The molecule has 0 aliphatic carbocycles. The van der Waals surface area contributed by atoms with Crippen molar-refractivity contribution in [1.29, 1.82) is 0 Å². The van der Waals surface area contributed by atoms with E-state index in [2.05, 4.69) is 4.72 Å². The minimum Gasteiger partial charge on any atom is -0.258 e. The van der Waals surface area contributed by atoms with Crippen molar-refractivity contribution in [3.63, 3.8) is 0 Å². The van der Waals surface area contributed by atoms with Crippen LogP contribution < -0.4 is 4.72 Å². The molecule has 0 aromatic heterocycles. The normalized spacial score (nSPS) is 11.2. The Morgan fingerprint density at radius 1 is 1.00 bits per heavy atom. The van der Waals surface area contributed by atoms with Gasteiger partial charge in [0.15, 0.2) is 0 Å². The molecule has 7 heteroatoms. The van der Waals surface area contributed by atoms with Gasteiger partial charge in [-0.1, -0.05) is 30.3 Å². The van der Waals surface area contributed by atoms with E-state index in [1.54, 1.807) is 18.2 Å². The number of benzene rings is 2. The molecule has 104 valence electrons. The standard InChI is InChI=1S/C13H12N2O4S/c16-15(17)12-8-6-11(7-9-12)10-14-20(18,19)13-4-2-1-3-5-13/h1-9,14H,10H2. The number of rotatable bonds is 5. The van der Waals surface area contributed by atoms with Crippen molar-refractivity contribution < 1.29 is 13.3 Å². The Kier molecular flexibility index (Phi) is 4.11. The monoisotopic (exact) mass is 292 g/mol. The van der Waals surface area contributed by atoms with Crippen LogP contribution in [0.3, 0.4) is 0 Å². The van der Waals surface area contributed by atoms with Gasteiger partial charge in [0.05, 0.1) is 9.82 Å². The smallest absolute Gasteiger partial charge is 0.258 e. The molecule has 0 aliphatic rings. The van der Waals surface area contributed by atoms with Gasteiger partial charge in [0.1, 0.15) is 0 Å². The van der Waals surface area contributed by atoms with E-state index < -0.39 is 14.9 Å². The number of nitro benzene ring substituents is 1. The zero-order chi connectivity index (χ0) is 14.6. The highest BCUT2D eigenvalue weighted by Gasteiger charge is 2.13. The number of hydrogen-bond acceptors (Lipinski definition) is 4. The van der Waals surface area contributed by atoms with Crippen LogP contribution in [0.4, 0.5) is 5.69 Å². The van der Waals surface area contributed by atoms with Gasteiger partial charge in [-0.25, -0.2) is 13.1 Å². The van der Waals surface area contributed by atoms with Crippen LogP contribution in [-0.4, -0.2) is 13.3 Å². The zero-order valence-electron chi connectivity index (χ0n) is 10.4. The van der Waals surface area contributed by atoms with Crippen LogP contribution in [0.1, 0.15) is 5.56 Å². The first-order valence-corrected chi connectivity index (χ1v) is 7.25. The van der Waals surface area contributed by atoms with E-state index in [4.69, 9.17) is 0 Å². The minimum absolute atomic E-state index is 0.0281. The molecule has 2 aromatic rings. The summed E-state index contributed by atoms with van der Waals surface area (Å²) in [4.78, 5) is 10.2. The van der Waals surface area contributed by atoms with E-state index in [1.807, 2.05) is 0 Å². The Morgan fingerprint density at radius 3 is 2.15 bits per heavy atom. The summed E-state index contributed by atoms with van der Waals surface area (Å²) < 4.78 is 26.4. The van der Waals surface area contributed by atoms with Crippen molar-refractivity contribution in [2.24, 2.45) is 0 Å². The SMILES string of the molecule is O=[N+]([O-])c1ccc(CNS(=O)(=O)c2ccccc2)cc1. The van der Waals surface area contributed by atoms with Crippen LogP contribution in [-0.2, 0) is 16.6 Å². The highest BCUT2D eigenvalue weighted by molar-refractivity contribution is 7.89. The average Bonchev–Trinajstić information content (AvgIpc) is 2.46. The quantitative estimate of drug-likeness (QED) is 0.675. The Balaban J connectivity index is 2.07. The third-order valence-corrected chi connectivity index (χ3v) is 4.08. The van der Waals surface area contributed by atoms with Gasteiger partial charge in [0, 0.05) is 18.7 Å². The third-order valence-electron chi connectivity index (χ3n) is 2.67. The van der Waals surface area contributed by atoms with Gasteiger partial charge in [-0.15, -0.1) is 0 Å². The van der Waals surface area contributed by atoms with Gasteiger partial charge < -0.3 is 0 Å². The fourth-order valence-corrected chi connectivity index (χ4v) is 2.64. The van der Waals surface area contributed by atoms with E-state index in [1.165, 1.54) is 36.4 Å². The Morgan fingerprint density at radius 2 is 1.60 bits per heavy atom.